The molecule has 138 valence electrons. The van der Waals surface area contributed by atoms with E-state index in [1.54, 1.807) is 42.6 Å². The summed E-state index contributed by atoms with van der Waals surface area (Å²) in [6, 6.07) is 9.31. The van der Waals surface area contributed by atoms with Crippen molar-refractivity contribution in [3.05, 3.63) is 53.9 Å². The first kappa shape index (κ1) is 19.4. The van der Waals surface area contributed by atoms with Gasteiger partial charge in [-0.3, -0.25) is 19.0 Å². The SMILES string of the molecule is CC[C@H](C)[C@H](NC(=O)c1ccccc1OC)C(=O)n1cccc1C(C)=O. The number of nitrogens with one attached hydrogen (secondary N) is 1. The summed E-state index contributed by atoms with van der Waals surface area (Å²) in [4.78, 5) is 37.5. The van der Waals surface area contributed by atoms with Gasteiger partial charge in [0, 0.05) is 13.1 Å². The highest BCUT2D eigenvalue weighted by Crippen LogP contribution is 2.19. The number of carbonyl (C=O) groups excluding carboxylic acids is 3. The first-order valence-electron chi connectivity index (χ1n) is 8.57. The summed E-state index contributed by atoms with van der Waals surface area (Å²) in [5.74, 6) is -0.605. The van der Waals surface area contributed by atoms with Crippen molar-refractivity contribution in [1.29, 1.82) is 0 Å². The summed E-state index contributed by atoms with van der Waals surface area (Å²) in [5, 5.41) is 2.81. The number of rotatable bonds is 7. The van der Waals surface area contributed by atoms with Gasteiger partial charge in [-0.2, -0.15) is 0 Å². The van der Waals surface area contributed by atoms with E-state index in [1.165, 1.54) is 18.6 Å². The number of hydrogen-bond acceptors (Lipinski definition) is 4. The molecule has 0 unspecified atom stereocenters. The Bertz CT molecular complexity index is 810. The average molecular weight is 356 g/mol. The fraction of sp³-hybridized carbons (Fsp3) is 0.350. The van der Waals surface area contributed by atoms with Gasteiger partial charge < -0.3 is 10.1 Å². The molecule has 2 rings (SSSR count). The average Bonchev–Trinajstić information content (AvgIpc) is 3.14. The minimum absolute atomic E-state index is 0.108. The molecule has 0 aliphatic heterocycles. The highest BCUT2D eigenvalue weighted by molar-refractivity contribution is 6.02. The number of methoxy groups -OCH3 is 1. The van der Waals surface area contributed by atoms with Gasteiger partial charge >= 0.3 is 0 Å². The van der Waals surface area contributed by atoms with E-state index < -0.39 is 11.9 Å². The van der Waals surface area contributed by atoms with E-state index in [1.807, 2.05) is 13.8 Å². The van der Waals surface area contributed by atoms with E-state index in [-0.39, 0.29) is 17.6 Å². The van der Waals surface area contributed by atoms with Crippen LogP contribution in [-0.2, 0) is 0 Å². The summed E-state index contributed by atoms with van der Waals surface area (Å²) < 4.78 is 6.53. The lowest BCUT2D eigenvalue weighted by molar-refractivity contribution is 0.0759. The van der Waals surface area contributed by atoms with Crippen molar-refractivity contribution in [1.82, 2.24) is 9.88 Å². The zero-order chi connectivity index (χ0) is 19.3. The van der Waals surface area contributed by atoms with Crippen LogP contribution in [0.25, 0.3) is 0 Å². The largest absolute Gasteiger partial charge is 0.496 e. The Labute approximate surface area is 153 Å². The number of amides is 1. The number of nitrogens with zero attached hydrogens (tertiary/aromatic N) is 1. The third-order valence-electron chi connectivity index (χ3n) is 4.46. The molecule has 0 radical (unpaired) electrons. The molecule has 1 heterocycles. The van der Waals surface area contributed by atoms with E-state index in [9.17, 15) is 14.4 Å². The topological polar surface area (TPSA) is 77.4 Å². The van der Waals surface area contributed by atoms with Crippen LogP contribution in [0.3, 0.4) is 0 Å². The number of para-hydroxylation sites is 1. The van der Waals surface area contributed by atoms with E-state index in [0.29, 0.717) is 23.4 Å². The number of carbonyl (C=O) groups is 3. The Morgan fingerprint density at radius 2 is 1.85 bits per heavy atom. The molecule has 0 bridgehead atoms. The molecule has 0 fully saturated rings. The molecule has 2 atom stereocenters. The molecule has 1 aromatic carbocycles. The van der Waals surface area contributed by atoms with Crippen LogP contribution in [0.4, 0.5) is 0 Å². The third-order valence-corrected chi connectivity index (χ3v) is 4.46. The van der Waals surface area contributed by atoms with Crippen molar-refractivity contribution < 1.29 is 19.1 Å². The van der Waals surface area contributed by atoms with E-state index in [0.717, 1.165) is 0 Å². The maximum atomic E-state index is 13.0. The Kier molecular flexibility index (Phi) is 6.33. The van der Waals surface area contributed by atoms with E-state index in [4.69, 9.17) is 4.74 Å². The number of benzene rings is 1. The normalized spacial score (nSPS) is 12.9. The van der Waals surface area contributed by atoms with Gasteiger partial charge in [0.05, 0.1) is 18.4 Å². The molecule has 26 heavy (non-hydrogen) atoms. The Morgan fingerprint density at radius 3 is 2.46 bits per heavy atom. The second kappa shape index (κ2) is 8.47. The number of Topliss-reactive ketones (excluding diaryl/α,β-unsaturated/α-hetero) is 1. The highest BCUT2D eigenvalue weighted by atomic mass is 16.5. The van der Waals surface area contributed by atoms with Crippen molar-refractivity contribution in [2.24, 2.45) is 5.92 Å². The van der Waals surface area contributed by atoms with Gasteiger partial charge in [-0.25, -0.2) is 0 Å². The Balaban J connectivity index is 2.33. The Morgan fingerprint density at radius 1 is 1.15 bits per heavy atom. The number of ether oxygens (including phenoxy) is 1. The molecule has 1 aromatic heterocycles. The van der Waals surface area contributed by atoms with Crippen molar-refractivity contribution in [3.8, 4) is 5.75 Å². The van der Waals surface area contributed by atoms with Gasteiger partial charge in [0.15, 0.2) is 5.78 Å². The van der Waals surface area contributed by atoms with Crippen molar-refractivity contribution in [2.45, 2.75) is 33.2 Å². The molecule has 6 heteroatoms. The van der Waals surface area contributed by atoms with Crippen molar-refractivity contribution >= 4 is 17.6 Å². The Hall–Kier alpha value is -2.89. The monoisotopic (exact) mass is 356 g/mol. The van der Waals surface area contributed by atoms with Crippen molar-refractivity contribution in [2.75, 3.05) is 7.11 Å². The van der Waals surface area contributed by atoms with Crippen LogP contribution < -0.4 is 10.1 Å². The molecule has 0 saturated carbocycles. The zero-order valence-electron chi connectivity index (χ0n) is 15.5. The molecule has 6 nitrogen and oxygen atoms in total. The van der Waals surface area contributed by atoms with Crippen LogP contribution in [0.1, 0.15) is 52.8 Å². The van der Waals surface area contributed by atoms with E-state index in [2.05, 4.69) is 5.32 Å². The summed E-state index contributed by atoms with van der Waals surface area (Å²) in [5.41, 5.74) is 0.658. The molecule has 1 amide bonds. The number of ketones is 1. The summed E-state index contributed by atoms with van der Waals surface area (Å²) in [7, 11) is 1.49. The third kappa shape index (κ3) is 4.02. The second-order valence-electron chi connectivity index (χ2n) is 6.19. The van der Waals surface area contributed by atoms with Gasteiger partial charge in [-0.05, 0) is 30.2 Å². The van der Waals surface area contributed by atoms with Crippen LogP contribution in [0.15, 0.2) is 42.6 Å². The summed E-state index contributed by atoms with van der Waals surface area (Å²) in [6.45, 7) is 5.24. The van der Waals surface area contributed by atoms with Gasteiger partial charge in [-0.15, -0.1) is 0 Å². The number of hydrogen-bond donors (Lipinski definition) is 1. The predicted octanol–water partition coefficient (Wildman–Crippen LogP) is 3.18. The molecule has 1 N–H and O–H groups in total. The highest BCUT2D eigenvalue weighted by Gasteiger charge is 2.29. The fourth-order valence-corrected chi connectivity index (χ4v) is 2.74. The molecule has 0 aliphatic carbocycles. The van der Waals surface area contributed by atoms with Gasteiger partial charge in [0.2, 0.25) is 0 Å². The lowest BCUT2D eigenvalue weighted by Gasteiger charge is -2.24. The van der Waals surface area contributed by atoms with Gasteiger partial charge in [0.1, 0.15) is 11.8 Å². The molecular formula is C20H24N2O4. The molecule has 2 aromatic rings. The molecule has 0 aliphatic rings. The lowest BCUT2D eigenvalue weighted by Crippen LogP contribution is -2.47. The quantitative estimate of drug-likeness (QED) is 0.773. The second-order valence-corrected chi connectivity index (χ2v) is 6.19. The van der Waals surface area contributed by atoms with Gasteiger partial charge in [0.25, 0.3) is 11.8 Å². The van der Waals surface area contributed by atoms with Crippen molar-refractivity contribution in [3.63, 3.8) is 0 Å². The minimum Gasteiger partial charge on any atom is -0.496 e. The standard InChI is InChI=1S/C20H24N2O4/c1-5-13(2)18(20(25)22-12-8-10-16(22)14(3)23)21-19(24)15-9-6-7-11-17(15)26-4/h6-13,18H,5H2,1-4H3,(H,21,24)/t13-,18-/m0/s1. The van der Waals surface area contributed by atoms with Crippen LogP contribution in [0, 0.1) is 5.92 Å². The summed E-state index contributed by atoms with van der Waals surface area (Å²) >= 11 is 0. The number of aromatic nitrogens is 1. The van der Waals surface area contributed by atoms with Crippen LogP contribution in [0.2, 0.25) is 0 Å². The van der Waals surface area contributed by atoms with Crippen LogP contribution in [0.5, 0.6) is 5.75 Å². The maximum Gasteiger partial charge on any atom is 0.255 e. The smallest absolute Gasteiger partial charge is 0.255 e. The predicted molar refractivity (Wildman–Crippen MR) is 98.8 cm³/mol. The molecule has 0 saturated heterocycles. The van der Waals surface area contributed by atoms with E-state index >= 15 is 0 Å². The maximum absolute atomic E-state index is 13.0. The minimum atomic E-state index is -0.761. The van der Waals surface area contributed by atoms with Gasteiger partial charge in [-0.1, -0.05) is 32.4 Å². The summed E-state index contributed by atoms with van der Waals surface area (Å²) in [6.07, 6.45) is 2.24. The lowest BCUT2D eigenvalue weighted by atomic mass is 9.97. The molecular weight excluding hydrogens is 332 g/mol. The first-order valence-corrected chi connectivity index (χ1v) is 8.57. The first-order chi connectivity index (χ1) is 12.4. The molecule has 0 spiro atoms. The van der Waals surface area contributed by atoms with Crippen LogP contribution >= 0.6 is 0 Å². The van der Waals surface area contributed by atoms with Crippen LogP contribution in [-0.4, -0.2) is 35.3 Å². The fourth-order valence-electron chi connectivity index (χ4n) is 2.74. The zero-order valence-corrected chi connectivity index (χ0v) is 15.5.